The first-order valence-corrected chi connectivity index (χ1v) is 6.78. The van der Waals surface area contributed by atoms with Crippen molar-refractivity contribution in [1.29, 1.82) is 0 Å². The van der Waals surface area contributed by atoms with Crippen molar-refractivity contribution in [1.82, 2.24) is 9.88 Å². The molecule has 1 fully saturated rings. The number of aromatic nitrogens is 1. The summed E-state index contributed by atoms with van der Waals surface area (Å²) >= 11 is 5.92. The molecule has 1 heterocycles. The molecular formula is C13H19ClN2O2. The van der Waals surface area contributed by atoms with Gasteiger partial charge in [-0.3, -0.25) is 4.79 Å². The van der Waals surface area contributed by atoms with Crippen LogP contribution in [-0.2, 0) is 6.54 Å². The minimum Gasteiger partial charge on any atom is -0.388 e. The topological polar surface area (TPSA) is 54.3 Å². The number of hydrogen-bond acceptors (Lipinski definition) is 2. The molecule has 0 radical (unpaired) electrons. The van der Waals surface area contributed by atoms with Crippen LogP contribution in [0.5, 0.6) is 0 Å². The van der Waals surface area contributed by atoms with Gasteiger partial charge < -0.3 is 15.0 Å². The van der Waals surface area contributed by atoms with Crippen LogP contribution in [0.25, 0.3) is 0 Å². The number of aliphatic hydroxyl groups is 1. The highest BCUT2D eigenvalue weighted by atomic mass is 35.5. The average Bonchev–Trinajstić information content (AvgIpc) is 2.65. The number of nitrogens with one attached hydrogen (secondary N) is 1. The zero-order valence-electron chi connectivity index (χ0n) is 10.6. The van der Waals surface area contributed by atoms with Crippen molar-refractivity contribution in [3.05, 3.63) is 23.0 Å². The van der Waals surface area contributed by atoms with E-state index in [2.05, 4.69) is 5.32 Å². The Morgan fingerprint density at radius 3 is 2.89 bits per heavy atom. The van der Waals surface area contributed by atoms with Crippen LogP contribution in [0.2, 0.25) is 5.02 Å². The molecule has 0 aromatic carbocycles. The predicted molar refractivity (Wildman–Crippen MR) is 70.9 cm³/mol. The Labute approximate surface area is 112 Å². The minimum absolute atomic E-state index is 0.171. The van der Waals surface area contributed by atoms with Gasteiger partial charge in [-0.15, -0.1) is 0 Å². The lowest BCUT2D eigenvalue weighted by molar-refractivity contribution is -0.0301. The van der Waals surface area contributed by atoms with E-state index in [9.17, 15) is 9.90 Å². The molecule has 0 bridgehead atoms. The Hall–Kier alpha value is -1.00. The summed E-state index contributed by atoms with van der Waals surface area (Å²) in [7, 11) is 0. The summed E-state index contributed by atoms with van der Waals surface area (Å²) in [5.74, 6) is -0.171. The molecule has 0 aliphatic heterocycles. The fraction of sp³-hybridized carbons (Fsp3) is 0.615. The summed E-state index contributed by atoms with van der Waals surface area (Å²) in [4.78, 5) is 12.0. The van der Waals surface area contributed by atoms with Crippen molar-refractivity contribution in [3.63, 3.8) is 0 Å². The fourth-order valence-electron chi connectivity index (χ4n) is 2.19. The van der Waals surface area contributed by atoms with Crippen LogP contribution in [0.15, 0.2) is 12.3 Å². The van der Waals surface area contributed by atoms with Crippen LogP contribution in [0.1, 0.15) is 43.1 Å². The zero-order chi connectivity index (χ0) is 13.2. The van der Waals surface area contributed by atoms with Crippen molar-refractivity contribution in [2.45, 2.75) is 44.8 Å². The van der Waals surface area contributed by atoms with Gasteiger partial charge in [0.25, 0.3) is 5.91 Å². The van der Waals surface area contributed by atoms with E-state index in [4.69, 9.17) is 11.6 Å². The number of hydrogen-bond donors (Lipinski definition) is 2. The smallest absolute Gasteiger partial charge is 0.268 e. The van der Waals surface area contributed by atoms with Crippen molar-refractivity contribution in [2.24, 2.45) is 0 Å². The van der Waals surface area contributed by atoms with Gasteiger partial charge in [-0.2, -0.15) is 0 Å². The van der Waals surface area contributed by atoms with E-state index >= 15 is 0 Å². The monoisotopic (exact) mass is 270 g/mol. The third-order valence-electron chi connectivity index (χ3n) is 3.42. The van der Waals surface area contributed by atoms with E-state index in [0.29, 0.717) is 17.3 Å². The lowest BCUT2D eigenvalue weighted by atomic mass is 9.80. The van der Waals surface area contributed by atoms with Crippen LogP contribution in [0, 0.1) is 0 Å². The van der Waals surface area contributed by atoms with E-state index in [0.717, 1.165) is 32.2 Å². The van der Waals surface area contributed by atoms with Gasteiger partial charge in [0.15, 0.2) is 0 Å². The molecule has 0 unspecified atom stereocenters. The molecule has 1 aliphatic carbocycles. The first-order valence-electron chi connectivity index (χ1n) is 6.40. The molecule has 0 saturated heterocycles. The Morgan fingerprint density at radius 2 is 2.33 bits per heavy atom. The normalized spacial score (nSPS) is 17.3. The molecular weight excluding hydrogens is 252 g/mol. The maximum atomic E-state index is 12.0. The van der Waals surface area contributed by atoms with Crippen LogP contribution in [-0.4, -0.2) is 27.7 Å². The number of nitrogens with zero attached hydrogens (tertiary/aromatic N) is 1. The number of halogens is 1. The molecule has 1 aromatic heterocycles. The number of aryl methyl sites for hydroxylation is 1. The first kappa shape index (κ1) is 13.4. The Kier molecular flexibility index (Phi) is 3.97. The van der Waals surface area contributed by atoms with Crippen LogP contribution >= 0.6 is 11.6 Å². The predicted octanol–water partition coefficient (Wildman–Crippen LogP) is 2.20. The highest BCUT2D eigenvalue weighted by Gasteiger charge is 2.34. The highest BCUT2D eigenvalue weighted by molar-refractivity contribution is 6.31. The van der Waals surface area contributed by atoms with Gasteiger partial charge in [0.1, 0.15) is 5.69 Å². The van der Waals surface area contributed by atoms with Crippen molar-refractivity contribution < 1.29 is 9.90 Å². The zero-order valence-corrected chi connectivity index (χ0v) is 11.3. The molecule has 4 nitrogen and oxygen atoms in total. The highest BCUT2D eigenvalue weighted by Crippen LogP contribution is 2.30. The second kappa shape index (κ2) is 5.33. The minimum atomic E-state index is -0.693. The summed E-state index contributed by atoms with van der Waals surface area (Å²) in [5, 5.41) is 13.3. The van der Waals surface area contributed by atoms with E-state index < -0.39 is 5.60 Å². The second-order valence-electron chi connectivity index (χ2n) is 5.00. The number of amides is 1. The number of carbonyl (C=O) groups excluding carboxylic acids is 1. The maximum absolute atomic E-state index is 12.0. The SMILES string of the molecule is CCCn1cc(Cl)cc1C(=O)NCC1(O)CCC1. The lowest BCUT2D eigenvalue weighted by Gasteiger charge is -2.36. The molecule has 5 heteroatoms. The summed E-state index contributed by atoms with van der Waals surface area (Å²) in [6.07, 6.45) is 5.27. The Bertz CT molecular complexity index is 438. The summed E-state index contributed by atoms with van der Waals surface area (Å²) in [6.45, 7) is 3.13. The molecule has 2 rings (SSSR count). The first-order chi connectivity index (χ1) is 8.54. The molecule has 1 aromatic rings. The molecule has 2 N–H and O–H groups in total. The maximum Gasteiger partial charge on any atom is 0.268 e. The van der Waals surface area contributed by atoms with Gasteiger partial charge >= 0.3 is 0 Å². The van der Waals surface area contributed by atoms with E-state index in [1.165, 1.54) is 0 Å². The molecule has 18 heavy (non-hydrogen) atoms. The van der Waals surface area contributed by atoms with E-state index in [1.54, 1.807) is 12.3 Å². The average molecular weight is 271 g/mol. The molecule has 1 saturated carbocycles. The standard InChI is InChI=1S/C13H19ClN2O2/c1-2-6-16-8-10(14)7-11(16)12(17)15-9-13(18)4-3-5-13/h7-8,18H,2-6,9H2,1H3,(H,15,17). The second-order valence-corrected chi connectivity index (χ2v) is 5.43. The molecule has 0 atom stereocenters. The lowest BCUT2D eigenvalue weighted by Crippen LogP contribution is -2.48. The van der Waals surface area contributed by atoms with Crippen molar-refractivity contribution >= 4 is 17.5 Å². The van der Waals surface area contributed by atoms with Crippen LogP contribution in [0.4, 0.5) is 0 Å². The van der Waals surface area contributed by atoms with Crippen molar-refractivity contribution in [2.75, 3.05) is 6.54 Å². The third kappa shape index (κ3) is 2.87. The Balaban J connectivity index is 1.99. The molecule has 0 spiro atoms. The Morgan fingerprint density at radius 1 is 1.61 bits per heavy atom. The van der Waals surface area contributed by atoms with Gasteiger partial charge in [0, 0.05) is 19.3 Å². The van der Waals surface area contributed by atoms with Gasteiger partial charge in [-0.05, 0) is 31.7 Å². The number of carbonyl (C=O) groups is 1. The molecule has 1 aliphatic rings. The van der Waals surface area contributed by atoms with E-state index in [1.807, 2.05) is 11.5 Å². The molecule has 1 amide bonds. The quantitative estimate of drug-likeness (QED) is 0.862. The van der Waals surface area contributed by atoms with Crippen LogP contribution < -0.4 is 5.32 Å². The fourth-order valence-corrected chi connectivity index (χ4v) is 2.41. The summed E-state index contributed by atoms with van der Waals surface area (Å²) in [6, 6.07) is 1.66. The van der Waals surface area contributed by atoms with Gasteiger partial charge in [-0.25, -0.2) is 0 Å². The van der Waals surface area contributed by atoms with Gasteiger partial charge in [-0.1, -0.05) is 18.5 Å². The van der Waals surface area contributed by atoms with Crippen molar-refractivity contribution in [3.8, 4) is 0 Å². The number of rotatable bonds is 5. The third-order valence-corrected chi connectivity index (χ3v) is 3.63. The largest absolute Gasteiger partial charge is 0.388 e. The van der Waals surface area contributed by atoms with Crippen LogP contribution in [0.3, 0.4) is 0 Å². The summed E-state index contributed by atoms with van der Waals surface area (Å²) in [5.41, 5.74) is -0.133. The van der Waals surface area contributed by atoms with E-state index in [-0.39, 0.29) is 5.91 Å². The summed E-state index contributed by atoms with van der Waals surface area (Å²) < 4.78 is 1.85. The van der Waals surface area contributed by atoms with Gasteiger partial charge in [0.05, 0.1) is 10.6 Å². The van der Waals surface area contributed by atoms with Gasteiger partial charge in [0.2, 0.25) is 0 Å². The molecule has 100 valence electrons.